The summed E-state index contributed by atoms with van der Waals surface area (Å²) in [5, 5.41) is 0. The molecule has 0 bridgehead atoms. The molecule has 0 spiro atoms. The molecule has 0 amide bonds. The molecule has 0 aromatic heterocycles. The number of unbranched alkanes of at least 4 members (excludes halogenated alkanes) is 1. The minimum atomic E-state index is 0.0663. The van der Waals surface area contributed by atoms with Crippen LogP contribution in [0.25, 0.3) is 0 Å². The average Bonchev–Trinajstić information content (AvgIpc) is 1.89. The largest absolute Gasteiger partial charge is 0.115 e. The van der Waals surface area contributed by atoms with Crippen LogP contribution in [0.5, 0.6) is 0 Å². The molecule has 9 heavy (non-hydrogen) atoms. The number of rotatable bonds is 4. The maximum atomic E-state index is 5.03. The molecule has 0 rings (SSSR count). The monoisotopic (exact) mass is 138 g/mol. The van der Waals surface area contributed by atoms with Gasteiger partial charge in [-0.3, -0.25) is 0 Å². The van der Waals surface area contributed by atoms with Crippen molar-refractivity contribution >= 4 is 9.52 Å². The molecule has 0 fully saturated rings. The van der Waals surface area contributed by atoms with Crippen LogP contribution in [0.4, 0.5) is 0 Å². The smallest absolute Gasteiger partial charge is 0.0462 e. The predicted octanol–water partition coefficient (Wildman–Crippen LogP) is 1.52. The van der Waals surface area contributed by atoms with Gasteiger partial charge < -0.3 is 0 Å². The zero-order chi connectivity index (χ0) is 6.95. The summed E-state index contributed by atoms with van der Waals surface area (Å²) in [6.45, 7) is 2.22. The summed E-state index contributed by atoms with van der Waals surface area (Å²) in [5.74, 6) is 2.50. The summed E-state index contributed by atoms with van der Waals surface area (Å²) >= 11 is 0. The topological polar surface area (TPSA) is 0 Å². The van der Waals surface area contributed by atoms with Gasteiger partial charge in [-0.25, -0.2) is 0 Å². The lowest BCUT2D eigenvalue weighted by atomic mass is 10.4. The molecule has 0 radical (unpaired) electrons. The van der Waals surface area contributed by atoms with Crippen LogP contribution in [0.15, 0.2) is 11.8 Å². The summed E-state index contributed by atoms with van der Waals surface area (Å²) in [6.07, 6.45) is 9.56. The highest BCUT2D eigenvalue weighted by Crippen LogP contribution is 1.92. The normalized spacial score (nSPS) is 11.1. The van der Waals surface area contributed by atoms with Gasteiger partial charge in [0.2, 0.25) is 0 Å². The Labute approximate surface area is 60.2 Å². The first kappa shape index (κ1) is 8.52. The van der Waals surface area contributed by atoms with E-state index >= 15 is 0 Å². The Morgan fingerprint density at radius 2 is 2.44 bits per heavy atom. The predicted molar refractivity (Wildman–Crippen MR) is 46.2 cm³/mol. The number of allylic oxidation sites excluding steroid dienone is 1. The lowest BCUT2D eigenvalue weighted by Gasteiger charge is -1.87. The molecule has 0 aromatic carbocycles. The Morgan fingerprint density at radius 3 is 3.00 bits per heavy atom. The molecule has 1 heteroatoms. The number of hydrogen-bond donors (Lipinski definition) is 0. The lowest BCUT2D eigenvalue weighted by molar-refractivity contribution is 0.881. The second kappa shape index (κ2) is 7.52. The van der Waals surface area contributed by atoms with Gasteiger partial charge >= 0.3 is 0 Å². The summed E-state index contributed by atoms with van der Waals surface area (Å²) < 4.78 is 0. The van der Waals surface area contributed by atoms with Crippen molar-refractivity contribution in [2.75, 3.05) is 0 Å². The third-order valence-electron chi connectivity index (χ3n) is 1.19. The van der Waals surface area contributed by atoms with Crippen molar-refractivity contribution in [3.05, 3.63) is 11.8 Å². The summed E-state index contributed by atoms with van der Waals surface area (Å²) in [7, 11) is 0.0663. The van der Waals surface area contributed by atoms with Crippen molar-refractivity contribution in [2.45, 2.75) is 25.8 Å². The Bertz CT molecular complexity index is 108. The van der Waals surface area contributed by atoms with E-state index in [9.17, 15) is 0 Å². The molecule has 0 atom stereocenters. The fourth-order valence-corrected chi connectivity index (χ4v) is 1.99. The Kier molecular flexibility index (Phi) is 7.11. The Balaban J connectivity index is 2.93. The highest BCUT2D eigenvalue weighted by Gasteiger charge is 1.80. The fraction of sp³-hybridized carbons (Fsp3) is 0.500. The van der Waals surface area contributed by atoms with Crippen LogP contribution in [0.1, 0.15) is 19.8 Å². The van der Waals surface area contributed by atoms with Gasteiger partial charge in [0.1, 0.15) is 0 Å². The van der Waals surface area contributed by atoms with E-state index in [1.165, 1.54) is 18.9 Å². The van der Waals surface area contributed by atoms with E-state index in [0.717, 1.165) is 0 Å². The van der Waals surface area contributed by atoms with Gasteiger partial charge in [-0.2, -0.15) is 0 Å². The van der Waals surface area contributed by atoms with Crippen molar-refractivity contribution in [1.29, 1.82) is 0 Å². The summed E-state index contributed by atoms with van der Waals surface area (Å²) in [5.41, 5.74) is 2.19. The molecule has 50 valence electrons. The molecular formula is C8H14Si. The maximum Gasteiger partial charge on any atom is 0.0462 e. The third-order valence-corrected chi connectivity index (χ3v) is 2.67. The van der Waals surface area contributed by atoms with Crippen LogP contribution in [0.2, 0.25) is 6.04 Å². The molecule has 0 heterocycles. The van der Waals surface area contributed by atoms with Crippen molar-refractivity contribution in [3.8, 4) is 12.3 Å². The SMILES string of the molecule is C#CC=C[SiH2]CCCC. The molecule has 0 aliphatic carbocycles. The standard InChI is InChI=1S/C8H14Si/c1-3-5-7-9-8-6-4-2/h1,5,7H,4,6,8-9H2,2H3. The van der Waals surface area contributed by atoms with Crippen LogP contribution in [-0.4, -0.2) is 9.52 Å². The van der Waals surface area contributed by atoms with E-state index in [1.807, 2.05) is 6.08 Å². The van der Waals surface area contributed by atoms with Gasteiger partial charge in [0.25, 0.3) is 0 Å². The van der Waals surface area contributed by atoms with Crippen LogP contribution >= 0.6 is 0 Å². The molecule has 0 saturated carbocycles. The Morgan fingerprint density at radius 1 is 1.67 bits per heavy atom. The molecule has 0 aromatic rings. The molecule has 0 aliphatic heterocycles. The van der Waals surface area contributed by atoms with Crippen LogP contribution in [0, 0.1) is 12.3 Å². The van der Waals surface area contributed by atoms with E-state index in [2.05, 4.69) is 18.5 Å². The highest BCUT2D eigenvalue weighted by atomic mass is 28.2. The number of hydrogen-bond acceptors (Lipinski definition) is 0. The van der Waals surface area contributed by atoms with E-state index < -0.39 is 0 Å². The molecule has 0 aliphatic rings. The quantitative estimate of drug-likeness (QED) is 0.314. The first-order chi connectivity index (χ1) is 4.41. The highest BCUT2D eigenvalue weighted by molar-refractivity contribution is 6.42. The van der Waals surface area contributed by atoms with Gasteiger partial charge in [0.05, 0.1) is 0 Å². The van der Waals surface area contributed by atoms with Gasteiger partial charge in [-0.15, -0.1) is 6.42 Å². The first-order valence-corrected chi connectivity index (χ1v) is 5.34. The molecule has 0 saturated heterocycles. The van der Waals surface area contributed by atoms with E-state index in [-0.39, 0.29) is 9.52 Å². The zero-order valence-corrected chi connectivity index (χ0v) is 7.47. The second-order valence-electron chi connectivity index (χ2n) is 2.06. The van der Waals surface area contributed by atoms with Crippen molar-refractivity contribution in [1.82, 2.24) is 0 Å². The second-order valence-corrected chi connectivity index (χ2v) is 3.82. The average molecular weight is 138 g/mol. The van der Waals surface area contributed by atoms with Crippen molar-refractivity contribution in [2.24, 2.45) is 0 Å². The van der Waals surface area contributed by atoms with Gasteiger partial charge in [-0.05, 0) is 6.08 Å². The van der Waals surface area contributed by atoms with E-state index in [4.69, 9.17) is 6.42 Å². The van der Waals surface area contributed by atoms with E-state index in [1.54, 1.807) is 0 Å². The minimum Gasteiger partial charge on any atom is -0.115 e. The molecule has 0 unspecified atom stereocenters. The fourth-order valence-electron chi connectivity index (χ4n) is 0.664. The molecule has 0 N–H and O–H groups in total. The molecule has 0 nitrogen and oxygen atoms in total. The zero-order valence-electron chi connectivity index (χ0n) is 6.06. The summed E-state index contributed by atoms with van der Waals surface area (Å²) in [4.78, 5) is 0. The van der Waals surface area contributed by atoms with Gasteiger partial charge in [0.15, 0.2) is 0 Å². The van der Waals surface area contributed by atoms with Gasteiger partial charge in [-0.1, -0.05) is 37.4 Å². The number of terminal acetylenes is 1. The maximum absolute atomic E-state index is 5.03. The van der Waals surface area contributed by atoms with Crippen LogP contribution in [-0.2, 0) is 0 Å². The van der Waals surface area contributed by atoms with E-state index in [0.29, 0.717) is 0 Å². The van der Waals surface area contributed by atoms with Crippen LogP contribution in [0.3, 0.4) is 0 Å². The van der Waals surface area contributed by atoms with Crippen molar-refractivity contribution < 1.29 is 0 Å². The first-order valence-electron chi connectivity index (χ1n) is 3.53. The van der Waals surface area contributed by atoms with Crippen molar-refractivity contribution in [3.63, 3.8) is 0 Å². The van der Waals surface area contributed by atoms with Crippen LogP contribution < -0.4 is 0 Å². The minimum absolute atomic E-state index is 0.0663. The third kappa shape index (κ3) is 7.52. The Hall–Kier alpha value is -0.483. The molecular weight excluding hydrogens is 124 g/mol. The summed E-state index contributed by atoms with van der Waals surface area (Å²) in [6, 6.07) is 1.41. The lowest BCUT2D eigenvalue weighted by Crippen LogP contribution is -1.81. The van der Waals surface area contributed by atoms with Gasteiger partial charge in [0, 0.05) is 9.52 Å².